The third-order valence-corrected chi connectivity index (χ3v) is 4.38. The van der Waals surface area contributed by atoms with Crippen molar-refractivity contribution in [3.63, 3.8) is 0 Å². The molecule has 0 saturated carbocycles. The van der Waals surface area contributed by atoms with E-state index in [9.17, 15) is 4.79 Å². The van der Waals surface area contributed by atoms with Crippen LogP contribution in [0.5, 0.6) is 0 Å². The van der Waals surface area contributed by atoms with Crippen molar-refractivity contribution >= 4 is 29.3 Å². The molecular weight excluding hydrogens is 274 g/mol. The van der Waals surface area contributed by atoms with Gasteiger partial charge in [0.05, 0.1) is 5.75 Å². The summed E-state index contributed by atoms with van der Waals surface area (Å²) in [6, 6.07) is 2.11. The van der Waals surface area contributed by atoms with E-state index in [0.717, 1.165) is 12.8 Å². The molecule has 6 nitrogen and oxygen atoms in total. The van der Waals surface area contributed by atoms with Crippen molar-refractivity contribution < 1.29 is 4.79 Å². The van der Waals surface area contributed by atoms with Crippen LogP contribution in [0.2, 0.25) is 0 Å². The number of rotatable bonds is 3. The summed E-state index contributed by atoms with van der Waals surface area (Å²) in [5.74, 6) is 1.09. The van der Waals surface area contributed by atoms with Gasteiger partial charge >= 0.3 is 0 Å². The Labute approximate surface area is 123 Å². The SMILES string of the molecule is C[C@@H]1CCC[C@@H](C)N1C(=O)CSc1nc(N)cc(N)n1. The molecule has 1 aromatic rings. The van der Waals surface area contributed by atoms with Crippen LogP contribution in [-0.4, -0.2) is 38.6 Å². The molecule has 2 heterocycles. The zero-order valence-corrected chi connectivity index (χ0v) is 12.7. The second kappa shape index (κ2) is 6.30. The summed E-state index contributed by atoms with van der Waals surface area (Å²) in [5.41, 5.74) is 11.2. The molecule has 1 aromatic heterocycles. The quantitative estimate of drug-likeness (QED) is 0.648. The maximum Gasteiger partial charge on any atom is 0.233 e. The number of nitrogen functional groups attached to an aromatic ring is 2. The Morgan fingerprint density at radius 1 is 1.30 bits per heavy atom. The number of nitrogens with two attached hydrogens (primary N) is 2. The summed E-state index contributed by atoms with van der Waals surface area (Å²) >= 11 is 1.28. The van der Waals surface area contributed by atoms with Crippen LogP contribution in [0.15, 0.2) is 11.2 Å². The van der Waals surface area contributed by atoms with Crippen molar-refractivity contribution in [3.8, 4) is 0 Å². The fraction of sp³-hybridized carbons (Fsp3) is 0.615. The summed E-state index contributed by atoms with van der Waals surface area (Å²) in [7, 11) is 0. The van der Waals surface area contributed by atoms with Crippen molar-refractivity contribution in [1.29, 1.82) is 0 Å². The van der Waals surface area contributed by atoms with E-state index < -0.39 is 0 Å². The minimum atomic E-state index is 0.124. The van der Waals surface area contributed by atoms with Gasteiger partial charge in [0.1, 0.15) is 11.6 Å². The molecule has 1 aliphatic rings. The lowest BCUT2D eigenvalue weighted by Gasteiger charge is -2.39. The Morgan fingerprint density at radius 3 is 2.40 bits per heavy atom. The average Bonchev–Trinajstić information content (AvgIpc) is 2.35. The fourth-order valence-electron chi connectivity index (χ4n) is 2.64. The molecule has 1 amide bonds. The molecule has 1 saturated heterocycles. The zero-order valence-electron chi connectivity index (χ0n) is 11.9. The van der Waals surface area contributed by atoms with Crippen molar-refractivity contribution in [2.45, 2.75) is 50.4 Å². The van der Waals surface area contributed by atoms with Crippen LogP contribution >= 0.6 is 11.8 Å². The number of hydrogen-bond donors (Lipinski definition) is 2. The van der Waals surface area contributed by atoms with Crippen LogP contribution in [0.25, 0.3) is 0 Å². The van der Waals surface area contributed by atoms with E-state index in [1.165, 1.54) is 24.2 Å². The van der Waals surface area contributed by atoms with Gasteiger partial charge in [-0.1, -0.05) is 11.8 Å². The molecule has 1 aliphatic heterocycles. The fourth-order valence-corrected chi connectivity index (χ4v) is 3.38. The Bertz CT molecular complexity index is 465. The third kappa shape index (κ3) is 3.53. The Kier molecular flexibility index (Phi) is 4.69. The summed E-state index contributed by atoms with van der Waals surface area (Å²) in [4.78, 5) is 22.5. The number of nitrogens with zero attached hydrogens (tertiary/aromatic N) is 3. The molecule has 4 N–H and O–H groups in total. The van der Waals surface area contributed by atoms with Gasteiger partial charge in [-0.05, 0) is 33.1 Å². The number of anilines is 2. The van der Waals surface area contributed by atoms with Crippen LogP contribution in [-0.2, 0) is 4.79 Å². The molecule has 0 unspecified atom stereocenters. The highest BCUT2D eigenvalue weighted by molar-refractivity contribution is 7.99. The summed E-state index contributed by atoms with van der Waals surface area (Å²) in [6.45, 7) is 4.21. The molecule has 7 heteroatoms. The monoisotopic (exact) mass is 295 g/mol. The lowest BCUT2D eigenvalue weighted by molar-refractivity contribution is -0.134. The first kappa shape index (κ1) is 14.9. The minimum absolute atomic E-state index is 0.124. The smallest absolute Gasteiger partial charge is 0.233 e. The topological polar surface area (TPSA) is 98.1 Å². The van der Waals surface area contributed by atoms with Crippen LogP contribution in [0, 0.1) is 0 Å². The number of aromatic nitrogens is 2. The molecule has 0 spiro atoms. The number of carbonyl (C=O) groups excluding carboxylic acids is 1. The van der Waals surface area contributed by atoms with Gasteiger partial charge in [-0.3, -0.25) is 4.79 Å². The molecule has 0 aliphatic carbocycles. The third-order valence-electron chi connectivity index (χ3n) is 3.55. The van der Waals surface area contributed by atoms with Crippen LogP contribution in [0.1, 0.15) is 33.1 Å². The normalized spacial score (nSPS) is 22.8. The summed E-state index contributed by atoms with van der Waals surface area (Å²) < 4.78 is 0. The van der Waals surface area contributed by atoms with Gasteiger partial charge in [-0.15, -0.1) is 0 Å². The number of likely N-dealkylation sites (tertiary alicyclic amines) is 1. The largest absolute Gasteiger partial charge is 0.383 e. The van der Waals surface area contributed by atoms with Crippen molar-refractivity contribution in [2.24, 2.45) is 0 Å². The van der Waals surface area contributed by atoms with E-state index >= 15 is 0 Å². The Morgan fingerprint density at radius 2 is 1.85 bits per heavy atom. The Balaban J connectivity index is 1.97. The molecule has 110 valence electrons. The van der Waals surface area contributed by atoms with E-state index in [4.69, 9.17) is 11.5 Å². The van der Waals surface area contributed by atoms with Gasteiger partial charge in [0.25, 0.3) is 0 Å². The highest BCUT2D eigenvalue weighted by Gasteiger charge is 2.28. The van der Waals surface area contributed by atoms with E-state index in [-0.39, 0.29) is 5.91 Å². The van der Waals surface area contributed by atoms with Crippen molar-refractivity contribution in [2.75, 3.05) is 17.2 Å². The van der Waals surface area contributed by atoms with Gasteiger partial charge < -0.3 is 16.4 Å². The molecule has 2 atom stereocenters. The van der Waals surface area contributed by atoms with Crippen molar-refractivity contribution in [1.82, 2.24) is 14.9 Å². The molecule has 2 rings (SSSR count). The minimum Gasteiger partial charge on any atom is -0.383 e. The van der Waals surface area contributed by atoms with Gasteiger partial charge in [0.15, 0.2) is 5.16 Å². The first-order chi connectivity index (χ1) is 9.47. The second-order valence-corrected chi connectivity index (χ2v) is 6.16. The van der Waals surface area contributed by atoms with Crippen LogP contribution < -0.4 is 11.5 Å². The molecule has 0 aromatic carbocycles. The first-order valence-electron chi connectivity index (χ1n) is 6.81. The lowest BCUT2D eigenvalue weighted by Crippen LogP contribution is -2.48. The summed E-state index contributed by atoms with van der Waals surface area (Å²) in [5, 5.41) is 0.452. The van der Waals surface area contributed by atoms with Gasteiger partial charge in [0, 0.05) is 18.2 Å². The van der Waals surface area contributed by atoms with Crippen molar-refractivity contribution in [3.05, 3.63) is 6.07 Å². The number of amides is 1. The van der Waals surface area contributed by atoms with Gasteiger partial charge in [-0.2, -0.15) is 0 Å². The second-order valence-electron chi connectivity index (χ2n) is 5.22. The zero-order chi connectivity index (χ0) is 14.7. The van der Waals surface area contributed by atoms with E-state index in [1.807, 2.05) is 4.90 Å². The van der Waals surface area contributed by atoms with Gasteiger partial charge in [-0.25, -0.2) is 9.97 Å². The highest BCUT2D eigenvalue weighted by Crippen LogP contribution is 2.24. The van der Waals surface area contributed by atoms with E-state index in [0.29, 0.717) is 34.6 Å². The Hall–Kier alpha value is -1.50. The molecule has 1 fully saturated rings. The number of thioether (sulfide) groups is 1. The maximum absolute atomic E-state index is 12.3. The predicted octanol–water partition coefficient (Wildman–Crippen LogP) is 1.52. The maximum atomic E-state index is 12.3. The average molecular weight is 295 g/mol. The van der Waals surface area contributed by atoms with Gasteiger partial charge in [0.2, 0.25) is 5.91 Å². The number of carbonyl (C=O) groups is 1. The standard InChI is InChI=1S/C13H21N5OS/c1-8-4-3-5-9(2)18(8)12(19)7-20-13-16-10(14)6-11(15)17-13/h6,8-9H,3-5,7H2,1-2H3,(H4,14,15,16,17)/t8-,9-/m1/s1. The number of piperidine rings is 1. The number of hydrogen-bond acceptors (Lipinski definition) is 6. The molecule has 0 bridgehead atoms. The molecule has 20 heavy (non-hydrogen) atoms. The first-order valence-corrected chi connectivity index (χ1v) is 7.80. The van der Waals surface area contributed by atoms with Crippen LogP contribution in [0.3, 0.4) is 0 Å². The lowest BCUT2D eigenvalue weighted by atomic mass is 9.98. The molecule has 0 radical (unpaired) electrons. The predicted molar refractivity (Wildman–Crippen MR) is 81.2 cm³/mol. The van der Waals surface area contributed by atoms with Crippen LogP contribution in [0.4, 0.5) is 11.6 Å². The van der Waals surface area contributed by atoms with E-state index in [2.05, 4.69) is 23.8 Å². The highest BCUT2D eigenvalue weighted by atomic mass is 32.2. The molecular formula is C13H21N5OS. The van der Waals surface area contributed by atoms with E-state index in [1.54, 1.807) is 0 Å². The summed E-state index contributed by atoms with van der Waals surface area (Å²) in [6.07, 6.45) is 3.33.